The topological polar surface area (TPSA) is 76.7 Å². The first-order valence-electron chi connectivity index (χ1n) is 6.28. The second-order valence-corrected chi connectivity index (χ2v) is 6.49. The van der Waals surface area contributed by atoms with E-state index in [1.165, 1.54) is 28.7 Å². The van der Waals surface area contributed by atoms with Crippen LogP contribution in [-0.4, -0.2) is 27.4 Å². The Kier molecular flexibility index (Phi) is 4.16. The van der Waals surface area contributed by atoms with Gasteiger partial charge in [-0.15, -0.1) is 10.2 Å². The summed E-state index contributed by atoms with van der Waals surface area (Å²) in [6.07, 6.45) is 0. The number of nitrogens with one attached hydrogen (secondary N) is 1. The van der Waals surface area contributed by atoms with Crippen molar-refractivity contribution in [3.63, 3.8) is 0 Å². The fourth-order valence-electron chi connectivity index (χ4n) is 1.63. The molecule has 1 N–H and O–H groups in total. The Balaban J connectivity index is 1.66. The fraction of sp³-hybridized carbons (Fsp3) is 0.231. The van der Waals surface area contributed by atoms with Gasteiger partial charge in [0.15, 0.2) is 4.34 Å². The molecule has 0 aliphatic rings. The second kappa shape index (κ2) is 6.23. The minimum absolute atomic E-state index is 0.580. The number of thioether (sulfide) groups is 1. The highest BCUT2D eigenvalue weighted by atomic mass is 32.2. The highest BCUT2D eigenvalue weighted by Crippen LogP contribution is 2.28. The number of benzene rings is 1. The SMILES string of the molecule is CNc1nnc(SCc2nc(-c3ccc(C)cc3)no2)s1. The Hall–Kier alpha value is -1.93. The molecule has 8 heteroatoms. The zero-order valence-electron chi connectivity index (χ0n) is 11.5. The lowest BCUT2D eigenvalue weighted by Crippen LogP contribution is -1.84. The average molecular weight is 319 g/mol. The van der Waals surface area contributed by atoms with Crippen molar-refractivity contribution >= 4 is 28.2 Å². The first-order chi connectivity index (χ1) is 10.2. The predicted octanol–water partition coefficient (Wildman–Crippen LogP) is 3.23. The van der Waals surface area contributed by atoms with Crippen LogP contribution in [0.25, 0.3) is 11.4 Å². The highest BCUT2D eigenvalue weighted by Gasteiger charge is 2.10. The largest absolute Gasteiger partial charge is 0.363 e. The number of anilines is 1. The Morgan fingerprint density at radius 2 is 2.05 bits per heavy atom. The summed E-state index contributed by atoms with van der Waals surface area (Å²) < 4.78 is 6.13. The van der Waals surface area contributed by atoms with E-state index in [1.54, 1.807) is 0 Å². The summed E-state index contributed by atoms with van der Waals surface area (Å²) in [4.78, 5) is 4.39. The lowest BCUT2D eigenvalue weighted by atomic mass is 10.1. The summed E-state index contributed by atoms with van der Waals surface area (Å²) >= 11 is 3.03. The van der Waals surface area contributed by atoms with Gasteiger partial charge in [-0.2, -0.15) is 4.98 Å². The van der Waals surface area contributed by atoms with Crippen LogP contribution in [0, 0.1) is 6.92 Å². The average Bonchev–Trinajstić information content (AvgIpc) is 3.15. The molecule has 21 heavy (non-hydrogen) atoms. The number of hydrogen-bond donors (Lipinski definition) is 1. The van der Waals surface area contributed by atoms with Crippen molar-refractivity contribution in [1.29, 1.82) is 0 Å². The van der Waals surface area contributed by atoms with Crippen molar-refractivity contribution in [2.75, 3.05) is 12.4 Å². The highest BCUT2D eigenvalue weighted by molar-refractivity contribution is 8.00. The summed E-state index contributed by atoms with van der Waals surface area (Å²) in [6.45, 7) is 2.05. The summed E-state index contributed by atoms with van der Waals surface area (Å²) in [5.74, 6) is 1.77. The van der Waals surface area contributed by atoms with Crippen molar-refractivity contribution in [1.82, 2.24) is 20.3 Å². The third-order valence-electron chi connectivity index (χ3n) is 2.72. The Morgan fingerprint density at radius 1 is 1.24 bits per heavy atom. The maximum absolute atomic E-state index is 5.26. The van der Waals surface area contributed by atoms with Crippen LogP contribution in [0.2, 0.25) is 0 Å². The molecular weight excluding hydrogens is 306 g/mol. The molecular formula is C13H13N5OS2. The van der Waals surface area contributed by atoms with Gasteiger partial charge in [0.05, 0.1) is 5.75 Å². The monoisotopic (exact) mass is 319 g/mol. The zero-order chi connectivity index (χ0) is 14.7. The second-order valence-electron chi connectivity index (χ2n) is 4.29. The maximum Gasteiger partial charge on any atom is 0.237 e. The molecule has 0 atom stereocenters. The summed E-state index contributed by atoms with van der Waals surface area (Å²) in [5, 5.41) is 15.8. The molecule has 6 nitrogen and oxygen atoms in total. The first kappa shape index (κ1) is 14.0. The Morgan fingerprint density at radius 3 is 2.76 bits per heavy atom. The van der Waals surface area contributed by atoms with Crippen LogP contribution >= 0.6 is 23.1 Å². The number of nitrogens with zero attached hydrogens (tertiary/aromatic N) is 4. The number of aromatic nitrogens is 4. The first-order valence-corrected chi connectivity index (χ1v) is 8.08. The lowest BCUT2D eigenvalue weighted by Gasteiger charge is -1.94. The molecule has 0 aliphatic carbocycles. The molecule has 0 saturated carbocycles. The van der Waals surface area contributed by atoms with E-state index in [4.69, 9.17) is 4.52 Å². The van der Waals surface area contributed by atoms with Crippen molar-refractivity contribution in [2.45, 2.75) is 17.0 Å². The van der Waals surface area contributed by atoms with Crippen LogP contribution in [-0.2, 0) is 5.75 Å². The molecule has 0 aliphatic heterocycles. The summed E-state index contributed by atoms with van der Waals surface area (Å²) in [6, 6.07) is 8.03. The van der Waals surface area contributed by atoms with Crippen LogP contribution in [0.4, 0.5) is 5.13 Å². The Labute approximate surface area is 130 Å². The van der Waals surface area contributed by atoms with Gasteiger partial charge in [-0.05, 0) is 6.92 Å². The Bertz CT molecular complexity index is 722. The van der Waals surface area contributed by atoms with Crippen molar-refractivity contribution < 1.29 is 4.52 Å². The molecule has 0 unspecified atom stereocenters. The van der Waals surface area contributed by atoms with Crippen molar-refractivity contribution in [2.24, 2.45) is 0 Å². The van der Waals surface area contributed by atoms with Gasteiger partial charge in [0, 0.05) is 12.6 Å². The van der Waals surface area contributed by atoms with E-state index in [2.05, 4.69) is 25.7 Å². The van der Waals surface area contributed by atoms with Gasteiger partial charge in [0.1, 0.15) is 0 Å². The molecule has 0 saturated heterocycles. The number of hydrogen-bond acceptors (Lipinski definition) is 8. The van der Waals surface area contributed by atoms with Crippen LogP contribution in [0.15, 0.2) is 33.1 Å². The van der Waals surface area contributed by atoms with Crippen LogP contribution in [0.3, 0.4) is 0 Å². The normalized spacial score (nSPS) is 10.8. The minimum Gasteiger partial charge on any atom is -0.363 e. The predicted molar refractivity (Wildman–Crippen MR) is 83.5 cm³/mol. The molecule has 3 aromatic rings. The third kappa shape index (κ3) is 3.40. The standard InChI is InChI=1S/C13H13N5OS2/c1-8-3-5-9(6-4-8)11-15-10(19-18-11)7-20-13-17-16-12(14-2)21-13/h3-6H,7H2,1-2H3,(H,14,16). The lowest BCUT2D eigenvalue weighted by molar-refractivity contribution is 0.391. The third-order valence-corrected chi connectivity index (χ3v) is 4.78. The number of rotatable bonds is 5. The molecule has 2 aromatic heterocycles. The molecule has 0 bridgehead atoms. The van der Waals surface area contributed by atoms with E-state index >= 15 is 0 Å². The van der Waals surface area contributed by atoms with Crippen LogP contribution < -0.4 is 5.32 Å². The minimum atomic E-state index is 0.580. The fourth-order valence-corrected chi connectivity index (χ4v) is 3.17. The van der Waals surface area contributed by atoms with Crippen LogP contribution in [0.1, 0.15) is 11.5 Å². The molecule has 0 fully saturated rings. The molecule has 2 heterocycles. The van der Waals surface area contributed by atoms with E-state index in [1.807, 2.05) is 38.2 Å². The van der Waals surface area contributed by atoms with Crippen molar-refractivity contribution in [3.8, 4) is 11.4 Å². The summed E-state index contributed by atoms with van der Waals surface area (Å²) in [5.41, 5.74) is 2.16. The smallest absolute Gasteiger partial charge is 0.237 e. The molecule has 1 aromatic carbocycles. The number of aryl methyl sites for hydroxylation is 1. The van der Waals surface area contributed by atoms with Gasteiger partial charge < -0.3 is 9.84 Å². The van der Waals surface area contributed by atoms with Gasteiger partial charge in [0.25, 0.3) is 0 Å². The van der Waals surface area contributed by atoms with Gasteiger partial charge >= 0.3 is 0 Å². The van der Waals surface area contributed by atoms with E-state index in [0.29, 0.717) is 17.5 Å². The quantitative estimate of drug-likeness (QED) is 0.723. The van der Waals surface area contributed by atoms with Gasteiger partial charge in [-0.1, -0.05) is 58.1 Å². The van der Waals surface area contributed by atoms with Gasteiger partial charge in [0.2, 0.25) is 16.8 Å². The van der Waals surface area contributed by atoms with Gasteiger partial charge in [-0.3, -0.25) is 0 Å². The van der Waals surface area contributed by atoms with E-state index in [0.717, 1.165) is 15.0 Å². The molecule has 0 amide bonds. The molecule has 108 valence electrons. The maximum atomic E-state index is 5.26. The molecule has 0 radical (unpaired) electrons. The van der Waals surface area contributed by atoms with E-state index in [9.17, 15) is 0 Å². The summed E-state index contributed by atoms with van der Waals surface area (Å²) in [7, 11) is 1.82. The van der Waals surface area contributed by atoms with Crippen LogP contribution in [0.5, 0.6) is 0 Å². The van der Waals surface area contributed by atoms with E-state index in [-0.39, 0.29) is 0 Å². The van der Waals surface area contributed by atoms with E-state index < -0.39 is 0 Å². The zero-order valence-corrected chi connectivity index (χ0v) is 13.2. The van der Waals surface area contributed by atoms with Gasteiger partial charge in [-0.25, -0.2) is 0 Å². The molecule has 3 rings (SSSR count). The van der Waals surface area contributed by atoms with Crippen molar-refractivity contribution in [3.05, 3.63) is 35.7 Å². The molecule has 0 spiro atoms.